The van der Waals surface area contributed by atoms with Gasteiger partial charge in [0.25, 0.3) is 0 Å². The lowest BCUT2D eigenvalue weighted by molar-refractivity contribution is 0.0524. The largest absolute Gasteiger partial charge is 0.462 e. The van der Waals surface area contributed by atoms with Crippen molar-refractivity contribution in [2.75, 3.05) is 24.6 Å². The highest BCUT2D eigenvalue weighted by Gasteiger charge is 2.19. The lowest BCUT2D eigenvalue weighted by Gasteiger charge is -2.21. The van der Waals surface area contributed by atoms with Gasteiger partial charge in [0.2, 0.25) is 0 Å². The molecule has 8 heteroatoms. The topological polar surface area (TPSA) is 64.4 Å². The molecule has 0 N–H and O–H groups in total. The van der Waals surface area contributed by atoms with Crippen LogP contribution in [0.2, 0.25) is 0 Å². The number of thiazole rings is 1. The van der Waals surface area contributed by atoms with Gasteiger partial charge >= 0.3 is 5.97 Å². The number of nitrogens with zero attached hydrogens (tertiary/aromatic N) is 3. The molecule has 5 rings (SSSR count). The van der Waals surface area contributed by atoms with Crippen LogP contribution in [0.1, 0.15) is 35.1 Å². The lowest BCUT2D eigenvalue weighted by Crippen LogP contribution is -2.20. The van der Waals surface area contributed by atoms with E-state index in [9.17, 15) is 9.59 Å². The smallest absolute Gasteiger partial charge is 0.343 e. The van der Waals surface area contributed by atoms with Crippen molar-refractivity contribution in [2.24, 2.45) is 0 Å². The third-order valence-corrected chi connectivity index (χ3v) is 7.56. The number of anilines is 1. The molecule has 0 unspecified atom stereocenters. The van der Waals surface area contributed by atoms with E-state index >= 15 is 0 Å². The highest BCUT2D eigenvalue weighted by atomic mass is 79.9. The summed E-state index contributed by atoms with van der Waals surface area (Å²) in [6.07, 6.45) is 3.98. The van der Waals surface area contributed by atoms with Crippen molar-refractivity contribution in [1.29, 1.82) is 0 Å². The number of rotatable bonds is 5. The van der Waals surface area contributed by atoms with Gasteiger partial charge in [0.05, 0.1) is 33.2 Å². The molecule has 0 aliphatic carbocycles. The molecule has 1 saturated heterocycles. The zero-order chi connectivity index (χ0) is 23.8. The van der Waals surface area contributed by atoms with Crippen molar-refractivity contribution < 1.29 is 9.53 Å². The van der Waals surface area contributed by atoms with Gasteiger partial charge in [-0.1, -0.05) is 6.07 Å². The highest BCUT2D eigenvalue weighted by molar-refractivity contribution is 9.10. The number of aromatic nitrogens is 2. The minimum Gasteiger partial charge on any atom is -0.462 e. The highest BCUT2D eigenvalue weighted by Crippen LogP contribution is 2.34. The number of carbonyl (C=O) groups excluding carboxylic acids is 1. The van der Waals surface area contributed by atoms with E-state index in [-0.39, 0.29) is 17.6 Å². The van der Waals surface area contributed by atoms with Gasteiger partial charge in [0.1, 0.15) is 5.56 Å². The van der Waals surface area contributed by atoms with Crippen molar-refractivity contribution in [2.45, 2.75) is 26.7 Å². The van der Waals surface area contributed by atoms with E-state index < -0.39 is 5.97 Å². The number of carbonyl (C=O) groups is 1. The molecular weight excluding hydrogens is 514 g/mol. The Morgan fingerprint density at radius 3 is 2.68 bits per heavy atom. The Morgan fingerprint density at radius 1 is 1.15 bits per heavy atom. The summed E-state index contributed by atoms with van der Waals surface area (Å²) >= 11 is 5.35. The van der Waals surface area contributed by atoms with E-state index in [1.165, 1.54) is 18.9 Å². The van der Waals surface area contributed by atoms with Crippen LogP contribution in [0.4, 0.5) is 5.69 Å². The van der Waals surface area contributed by atoms with Gasteiger partial charge in [0, 0.05) is 35.5 Å². The second-order valence-electron chi connectivity index (χ2n) is 8.27. The summed E-state index contributed by atoms with van der Waals surface area (Å²) in [6, 6.07) is 13.6. The van der Waals surface area contributed by atoms with Gasteiger partial charge in [0.15, 0.2) is 5.43 Å². The predicted molar refractivity (Wildman–Crippen MR) is 140 cm³/mol. The molecule has 0 saturated carbocycles. The number of ether oxygens (including phenoxy) is 1. The molecule has 1 aliphatic heterocycles. The summed E-state index contributed by atoms with van der Waals surface area (Å²) in [7, 11) is 0. The van der Waals surface area contributed by atoms with Gasteiger partial charge in [-0.2, -0.15) is 0 Å². The van der Waals surface area contributed by atoms with E-state index in [4.69, 9.17) is 4.74 Å². The molecule has 174 valence electrons. The molecule has 4 aromatic rings. The number of hydrogen-bond acceptors (Lipinski definition) is 6. The third-order valence-electron chi connectivity index (χ3n) is 5.99. The van der Waals surface area contributed by atoms with E-state index in [2.05, 4.69) is 31.9 Å². The van der Waals surface area contributed by atoms with Crippen LogP contribution in [0.3, 0.4) is 0 Å². The molecule has 0 amide bonds. The minimum atomic E-state index is -0.618. The van der Waals surface area contributed by atoms with E-state index in [0.29, 0.717) is 5.69 Å². The van der Waals surface area contributed by atoms with Crippen LogP contribution in [0.5, 0.6) is 0 Å². The summed E-state index contributed by atoms with van der Waals surface area (Å²) in [4.78, 5) is 32.4. The summed E-state index contributed by atoms with van der Waals surface area (Å²) in [5.74, 6) is -0.618. The average molecular weight is 538 g/mol. The molecule has 0 spiro atoms. The third kappa shape index (κ3) is 4.28. The fraction of sp³-hybridized carbons (Fsp3) is 0.269. The van der Waals surface area contributed by atoms with Crippen LogP contribution >= 0.6 is 27.3 Å². The van der Waals surface area contributed by atoms with Crippen molar-refractivity contribution in [3.05, 3.63) is 73.9 Å². The molecule has 2 aromatic heterocycles. The number of esters is 1. The maximum Gasteiger partial charge on any atom is 0.343 e. The SMILES string of the molecule is CCOC(=O)c1cn(-c2ccc3nc(C)sc3c2)c(-c2ccc(N3CCCC3)c(Br)c2)cc1=O. The fourth-order valence-corrected chi connectivity index (χ4v) is 5.88. The molecule has 34 heavy (non-hydrogen) atoms. The monoisotopic (exact) mass is 537 g/mol. The summed E-state index contributed by atoms with van der Waals surface area (Å²) in [6.45, 7) is 6.01. The summed E-state index contributed by atoms with van der Waals surface area (Å²) in [5.41, 5.74) is 4.15. The van der Waals surface area contributed by atoms with E-state index in [1.807, 2.05) is 41.8 Å². The van der Waals surface area contributed by atoms with Crippen LogP contribution in [-0.4, -0.2) is 35.2 Å². The quantitative estimate of drug-likeness (QED) is 0.294. The molecule has 2 aromatic carbocycles. The average Bonchev–Trinajstić information content (AvgIpc) is 3.47. The van der Waals surface area contributed by atoms with Crippen LogP contribution in [0, 0.1) is 6.92 Å². The second-order valence-corrected chi connectivity index (χ2v) is 10.4. The lowest BCUT2D eigenvalue weighted by atomic mass is 10.1. The Balaban J connectivity index is 1.68. The maximum atomic E-state index is 12.9. The number of halogens is 1. The molecule has 6 nitrogen and oxygen atoms in total. The normalized spacial score (nSPS) is 13.6. The summed E-state index contributed by atoms with van der Waals surface area (Å²) in [5, 5.41) is 0.987. The zero-order valence-corrected chi connectivity index (χ0v) is 21.4. The molecule has 3 heterocycles. The van der Waals surface area contributed by atoms with Crippen LogP contribution in [0.15, 0.2) is 57.9 Å². The molecular formula is C26H24BrN3O3S. The molecule has 0 radical (unpaired) electrons. The van der Waals surface area contributed by atoms with E-state index in [0.717, 1.165) is 49.7 Å². The second kappa shape index (κ2) is 9.35. The first kappa shape index (κ1) is 22.8. The number of hydrogen-bond donors (Lipinski definition) is 0. The standard InChI is InChI=1S/C26H24BrN3O3S/c1-3-33-26(32)19-15-30(18-7-8-21-25(13-18)34-16(2)28-21)23(14-24(19)31)17-6-9-22(20(27)12-17)29-10-4-5-11-29/h6-9,12-15H,3-5,10-11H2,1-2H3. The number of pyridine rings is 1. The Labute approximate surface area is 209 Å². The molecule has 1 fully saturated rings. The Bertz CT molecular complexity index is 1450. The van der Waals surface area contributed by atoms with Crippen molar-refractivity contribution in [1.82, 2.24) is 9.55 Å². The maximum absolute atomic E-state index is 12.9. The fourth-order valence-electron chi connectivity index (χ4n) is 4.39. The van der Waals surface area contributed by atoms with Crippen LogP contribution in [-0.2, 0) is 4.74 Å². The van der Waals surface area contributed by atoms with Gasteiger partial charge in [-0.05, 0) is 78.5 Å². The predicted octanol–water partition coefficient (Wildman–Crippen LogP) is 5.96. The van der Waals surface area contributed by atoms with Gasteiger partial charge in [-0.3, -0.25) is 4.79 Å². The molecule has 0 atom stereocenters. The first-order valence-electron chi connectivity index (χ1n) is 11.3. The Morgan fingerprint density at radius 2 is 1.94 bits per heavy atom. The minimum absolute atomic E-state index is 0.0129. The van der Waals surface area contributed by atoms with Crippen molar-refractivity contribution in [3.63, 3.8) is 0 Å². The molecule has 1 aliphatic rings. The van der Waals surface area contributed by atoms with Crippen molar-refractivity contribution >= 4 is 49.1 Å². The van der Waals surface area contributed by atoms with E-state index in [1.54, 1.807) is 24.5 Å². The summed E-state index contributed by atoms with van der Waals surface area (Å²) < 4.78 is 9.05. The zero-order valence-electron chi connectivity index (χ0n) is 19.0. The van der Waals surface area contributed by atoms with Crippen LogP contribution in [0.25, 0.3) is 27.2 Å². The first-order valence-corrected chi connectivity index (χ1v) is 12.9. The Kier molecular flexibility index (Phi) is 6.27. The van der Waals surface area contributed by atoms with Gasteiger partial charge < -0.3 is 14.2 Å². The van der Waals surface area contributed by atoms with Gasteiger partial charge in [-0.15, -0.1) is 11.3 Å². The van der Waals surface area contributed by atoms with Crippen LogP contribution < -0.4 is 10.3 Å². The number of aryl methyl sites for hydroxylation is 1. The molecule has 0 bridgehead atoms. The first-order chi connectivity index (χ1) is 16.4. The number of fused-ring (bicyclic) bond motifs is 1. The van der Waals surface area contributed by atoms with Crippen molar-refractivity contribution in [3.8, 4) is 16.9 Å². The Hall–Kier alpha value is -2.97. The van der Waals surface area contributed by atoms with Gasteiger partial charge in [-0.25, -0.2) is 9.78 Å². The number of benzene rings is 2.